The second-order valence-electron chi connectivity index (χ2n) is 6.68. The first-order valence-electron chi connectivity index (χ1n) is 7.72. The summed E-state index contributed by atoms with van der Waals surface area (Å²) in [6.07, 6.45) is 1.66. The number of thiophene rings is 1. The van der Waals surface area contributed by atoms with Crippen LogP contribution in [0.15, 0.2) is 40.6 Å². The normalized spacial score (nSPS) is 11.8. The van der Waals surface area contributed by atoms with Gasteiger partial charge in [-0.15, -0.1) is 11.3 Å². The van der Waals surface area contributed by atoms with Gasteiger partial charge in [-0.2, -0.15) is 0 Å². The molecule has 1 N–H and O–H groups in total. The zero-order valence-electron chi connectivity index (χ0n) is 13.9. The summed E-state index contributed by atoms with van der Waals surface area (Å²) in [6, 6.07) is 7.53. The van der Waals surface area contributed by atoms with Crippen molar-refractivity contribution in [3.8, 4) is 0 Å². The van der Waals surface area contributed by atoms with Crippen molar-refractivity contribution in [1.29, 1.82) is 0 Å². The van der Waals surface area contributed by atoms with Crippen molar-refractivity contribution in [1.82, 2.24) is 19.4 Å². The van der Waals surface area contributed by atoms with Crippen LogP contribution >= 0.6 is 11.3 Å². The van der Waals surface area contributed by atoms with Crippen LogP contribution in [0.1, 0.15) is 25.6 Å². The van der Waals surface area contributed by atoms with Gasteiger partial charge in [-0.05, 0) is 44.4 Å². The minimum Gasteiger partial charge on any atom is -0.350 e. The number of hydrogen-bond acceptors (Lipinski definition) is 4. The van der Waals surface area contributed by atoms with Crippen molar-refractivity contribution < 1.29 is 4.79 Å². The molecule has 0 aliphatic carbocycles. The summed E-state index contributed by atoms with van der Waals surface area (Å²) in [5, 5.41) is 4.86. The molecule has 0 aromatic carbocycles. The summed E-state index contributed by atoms with van der Waals surface area (Å²) in [4.78, 5) is 30.5. The van der Waals surface area contributed by atoms with E-state index in [1.807, 2.05) is 44.4 Å². The average molecular weight is 344 g/mol. The summed E-state index contributed by atoms with van der Waals surface area (Å²) in [5.41, 5.74) is 0.706. The van der Waals surface area contributed by atoms with E-state index < -0.39 is 0 Å². The largest absolute Gasteiger partial charge is 0.350 e. The second-order valence-corrected chi connectivity index (χ2v) is 7.71. The summed E-state index contributed by atoms with van der Waals surface area (Å²) in [7, 11) is 0. The molecule has 0 aliphatic heterocycles. The highest BCUT2D eigenvalue weighted by Crippen LogP contribution is 2.15. The Morgan fingerprint density at radius 1 is 1.25 bits per heavy atom. The number of nitrogens with zero attached hydrogens (tertiary/aromatic N) is 3. The number of fused-ring (bicyclic) bond motifs is 1. The molecule has 3 aromatic heterocycles. The van der Waals surface area contributed by atoms with Gasteiger partial charge in [0.25, 0.3) is 0 Å². The maximum Gasteiger partial charge on any atom is 0.331 e. The molecule has 3 aromatic rings. The standard InChI is InChI=1S/C17H20N4O2S/c1-17(2,3)19-14(22)11-20-13-7-4-8-18-15(13)21(16(20)23)10-12-6-5-9-24-12/h4-9H,10-11H2,1-3H3,(H,19,22). The number of carbonyl (C=O) groups excluding carboxylic acids is 1. The minimum absolute atomic E-state index is 0.0181. The molecule has 7 heteroatoms. The van der Waals surface area contributed by atoms with Crippen LogP contribution in [0.25, 0.3) is 11.2 Å². The van der Waals surface area contributed by atoms with Crippen molar-refractivity contribution >= 4 is 28.4 Å². The third-order valence-corrected chi connectivity index (χ3v) is 4.35. The van der Waals surface area contributed by atoms with E-state index in [0.717, 1.165) is 4.88 Å². The van der Waals surface area contributed by atoms with Gasteiger partial charge in [0.05, 0.1) is 12.1 Å². The van der Waals surface area contributed by atoms with Crippen LogP contribution < -0.4 is 11.0 Å². The van der Waals surface area contributed by atoms with Crippen molar-refractivity contribution in [3.63, 3.8) is 0 Å². The fourth-order valence-corrected chi connectivity index (χ4v) is 3.29. The van der Waals surface area contributed by atoms with E-state index in [1.165, 1.54) is 4.57 Å². The highest BCUT2D eigenvalue weighted by atomic mass is 32.1. The molecule has 3 heterocycles. The Kier molecular flexibility index (Phi) is 4.28. The van der Waals surface area contributed by atoms with Crippen molar-refractivity contribution in [2.24, 2.45) is 0 Å². The molecule has 0 radical (unpaired) electrons. The monoisotopic (exact) mass is 344 g/mol. The highest BCUT2D eigenvalue weighted by Gasteiger charge is 2.19. The third kappa shape index (κ3) is 3.41. The Hall–Kier alpha value is -2.41. The first-order chi connectivity index (χ1) is 11.3. The van der Waals surface area contributed by atoms with Gasteiger partial charge in [0, 0.05) is 16.6 Å². The molecule has 0 bridgehead atoms. The molecule has 0 unspecified atom stereocenters. The Bertz CT molecular complexity index is 916. The first kappa shape index (κ1) is 16.4. The predicted molar refractivity (Wildman–Crippen MR) is 95.3 cm³/mol. The molecule has 0 fully saturated rings. The Morgan fingerprint density at radius 3 is 2.71 bits per heavy atom. The topological polar surface area (TPSA) is 68.9 Å². The van der Waals surface area contributed by atoms with E-state index in [0.29, 0.717) is 17.7 Å². The van der Waals surface area contributed by atoms with Crippen molar-refractivity contribution in [3.05, 3.63) is 51.2 Å². The molecule has 24 heavy (non-hydrogen) atoms. The zero-order valence-corrected chi connectivity index (χ0v) is 14.8. The lowest BCUT2D eigenvalue weighted by atomic mass is 10.1. The number of pyridine rings is 1. The van der Waals surface area contributed by atoms with Gasteiger partial charge in [-0.3, -0.25) is 13.9 Å². The molecule has 0 saturated carbocycles. The SMILES string of the molecule is CC(C)(C)NC(=O)Cn1c(=O)n(Cc2cccs2)c2ncccc21. The molecule has 3 rings (SSSR count). The summed E-state index contributed by atoms with van der Waals surface area (Å²) in [5.74, 6) is -0.191. The number of nitrogens with one attached hydrogen (secondary N) is 1. The first-order valence-corrected chi connectivity index (χ1v) is 8.60. The van der Waals surface area contributed by atoms with E-state index in [-0.39, 0.29) is 23.7 Å². The quantitative estimate of drug-likeness (QED) is 0.789. The molecule has 0 spiro atoms. The number of amides is 1. The maximum absolute atomic E-state index is 12.8. The number of carbonyl (C=O) groups is 1. The van der Waals surface area contributed by atoms with Crippen molar-refractivity contribution in [2.75, 3.05) is 0 Å². The lowest BCUT2D eigenvalue weighted by molar-refractivity contribution is -0.123. The van der Waals surface area contributed by atoms with Crippen LogP contribution in [0.2, 0.25) is 0 Å². The number of aromatic nitrogens is 3. The molecule has 0 saturated heterocycles. The summed E-state index contributed by atoms with van der Waals surface area (Å²) >= 11 is 1.59. The lowest BCUT2D eigenvalue weighted by Crippen LogP contribution is -2.43. The van der Waals surface area contributed by atoms with Crippen LogP contribution in [0.3, 0.4) is 0 Å². The summed E-state index contributed by atoms with van der Waals surface area (Å²) in [6.45, 7) is 6.17. The van der Waals surface area contributed by atoms with Crippen LogP contribution in [0, 0.1) is 0 Å². The predicted octanol–water partition coefficient (Wildman–Crippen LogP) is 2.22. The molecule has 0 atom stereocenters. The van der Waals surface area contributed by atoms with Crippen LogP contribution in [-0.2, 0) is 17.9 Å². The van der Waals surface area contributed by atoms with E-state index in [9.17, 15) is 9.59 Å². The fraction of sp³-hybridized carbons (Fsp3) is 0.353. The number of hydrogen-bond donors (Lipinski definition) is 1. The van der Waals surface area contributed by atoms with Crippen molar-refractivity contribution in [2.45, 2.75) is 39.4 Å². The minimum atomic E-state index is -0.339. The number of imidazole rings is 1. The smallest absolute Gasteiger partial charge is 0.331 e. The van der Waals surface area contributed by atoms with Gasteiger partial charge >= 0.3 is 5.69 Å². The Morgan fingerprint density at radius 2 is 2.04 bits per heavy atom. The van der Waals surface area contributed by atoms with Gasteiger partial charge in [-0.1, -0.05) is 6.07 Å². The average Bonchev–Trinajstić information content (AvgIpc) is 3.09. The second kappa shape index (κ2) is 6.24. The molecule has 6 nitrogen and oxygen atoms in total. The lowest BCUT2D eigenvalue weighted by Gasteiger charge is -2.20. The van der Waals surface area contributed by atoms with Gasteiger partial charge < -0.3 is 5.32 Å². The third-order valence-electron chi connectivity index (χ3n) is 3.48. The van der Waals surface area contributed by atoms with Gasteiger partial charge in [0.1, 0.15) is 6.54 Å². The van der Waals surface area contributed by atoms with Gasteiger partial charge in [0.15, 0.2) is 5.65 Å². The highest BCUT2D eigenvalue weighted by molar-refractivity contribution is 7.09. The van der Waals surface area contributed by atoms with E-state index in [1.54, 1.807) is 28.2 Å². The molecular formula is C17H20N4O2S. The Balaban J connectivity index is 2.01. The number of rotatable bonds is 4. The van der Waals surface area contributed by atoms with Gasteiger partial charge in [0.2, 0.25) is 5.91 Å². The molecule has 0 aliphatic rings. The van der Waals surface area contributed by atoms with E-state index in [2.05, 4.69) is 10.3 Å². The van der Waals surface area contributed by atoms with Crippen LogP contribution in [0.5, 0.6) is 0 Å². The maximum atomic E-state index is 12.8. The molecule has 126 valence electrons. The Labute approximate surface area is 143 Å². The zero-order chi connectivity index (χ0) is 17.3. The van der Waals surface area contributed by atoms with E-state index in [4.69, 9.17) is 0 Å². The van der Waals surface area contributed by atoms with Crippen LogP contribution in [0.4, 0.5) is 0 Å². The molecular weight excluding hydrogens is 324 g/mol. The molecule has 1 amide bonds. The van der Waals surface area contributed by atoms with Gasteiger partial charge in [-0.25, -0.2) is 9.78 Å². The van der Waals surface area contributed by atoms with Crippen LogP contribution in [-0.4, -0.2) is 25.6 Å². The fourth-order valence-electron chi connectivity index (χ4n) is 2.60. The summed E-state index contributed by atoms with van der Waals surface area (Å²) < 4.78 is 3.10. The van der Waals surface area contributed by atoms with E-state index >= 15 is 0 Å².